The topological polar surface area (TPSA) is 126 Å². The fraction of sp³-hybridized carbons (Fsp3) is 0.243. The average molecular weight is 657 g/mol. The van der Waals surface area contributed by atoms with Gasteiger partial charge in [-0.3, -0.25) is 14.1 Å². The van der Waals surface area contributed by atoms with E-state index in [9.17, 15) is 18.0 Å². The molecule has 8 nitrogen and oxygen atoms in total. The number of furan rings is 1. The maximum atomic E-state index is 15.4. The smallest absolute Gasteiger partial charge is 0.266 e. The monoisotopic (exact) mass is 656 g/mol. The molecule has 1 heterocycles. The fourth-order valence-corrected chi connectivity index (χ4v) is 5.64. The highest BCUT2D eigenvalue weighted by atomic mass is 32.2. The van der Waals surface area contributed by atoms with E-state index in [0.717, 1.165) is 16.5 Å². The highest BCUT2D eigenvalue weighted by molar-refractivity contribution is 7.85. The number of carbonyl (C=O) groups is 2. The second-order valence-electron chi connectivity index (χ2n) is 12.6. The lowest BCUT2D eigenvalue weighted by Crippen LogP contribution is -2.29. The Labute approximate surface area is 273 Å². The first-order valence-electron chi connectivity index (χ1n) is 15.3. The molecule has 4 aromatic carbocycles. The summed E-state index contributed by atoms with van der Waals surface area (Å²) in [5.41, 5.74) is 4.48. The minimum Gasteiger partial charge on any atom is -0.456 e. The van der Waals surface area contributed by atoms with Gasteiger partial charge in [-0.25, -0.2) is 4.39 Å². The number of para-hydroxylation sites is 1. The van der Waals surface area contributed by atoms with E-state index in [4.69, 9.17) is 8.97 Å². The molecular formula is C37H37FN2O6S. The van der Waals surface area contributed by atoms with Gasteiger partial charge in [-0.15, -0.1) is 0 Å². The zero-order chi connectivity index (χ0) is 33.8. The average Bonchev–Trinajstić information content (AvgIpc) is 3.46. The number of rotatable bonds is 11. The molecule has 244 valence electrons. The van der Waals surface area contributed by atoms with Crippen LogP contribution >= 0.6 is 0 Å². The molecule has 3 N–H and O–H groups in total. The van der Waals surface area contributed by atoms with E-state index in [1.165, 1.54) is 17.7 Å². The summed E-state index contributed by atoms with van der Waals surface area (Å²) in [4.78, 5) is 26.1. The fourth-order valence-electron chi connectivity index (χ4n) is 5.28. The molecule has 1 unspecified atom stereocenters. The van der Waals surface area contributed by atoms with Crippen LogP contribution in [-0.4, -0.2) is 37.1 Å². The lowest BCUT2D eigenvalue weighted by molar-refractivity contribution is -0.119. The zero-order valence-electron chi connectivity index (χ0n) is 26.4. The van der Waals surface area contributed by atoms with Crippen LogP contribution in [0, 0.1) is 11.7 Å². The van der Waals surface area contributed by atoms with Gasteiger partial charge < -0.3 is 15.1 Å². The van der Waals surface area contributed by atoms with E-state index in [1.54, 1.807) is 30.3 Å². The molecule has 2 amide bonds. The molecule has 1 atom stereocenters. The number of carbonyl (C=O) groups excluding carboxylic acids is 2. The van der Waals surface area contributed by atoms with Crippen LogP contribution in [0.4, 0.5) is 10.1 Å². The second-order valence-corrected chi connectivity index (χ2v) is 14.2. The number of nitrogens with one attached hydrogen (secondary N) is 2. The Bertz CT molecular complexity index is 1960. The Kier molecular flexibility index (Phi) is 9.93. The van der Waals surface area contributed by atoms with Crippen molar-refractivity contribution < 1.29 is 31.4 Å². The molecule has 0 fully saturated rings. The predicted molar refractivity (Wildman–Crippen MR) is 181 cm³/mol. The summed E-state index contributed by atoms with van der Waals surface area (Å²) in [5, 5.41) is 6.14. The first-order valence-corrected chi connectivity index (χ1v) is 16.9. The molecule has 5 rings (SSSR count). The highest BCUT2D eigenvalue weighted by Gasteiger charge is 2.23. The van der Waals surface area contributed by atoms with Gasteiger partial charge in [0.1, 0.15) is 17.2 Å². The number of hydrogen-bond acceptors (Lipinski definition) is 5. The van der Waals surface area contributed by atoms with Gasteiger partial charge in [-0.05, 0) is 77.4 Å². The van der Waals surface area contributed by atoms with Gasteiger partial charge in [0.05, 0.1) is 11.4 Å². The molecule has 47 heavy (non-hydrogen) atoms. The molecule has 0 saturated heterocycles. The number of amides is 2. The normalized spacial score (nSPS) is 12.5. The summed E-state index contributed by atoms with van der Waals surface area (Å²) >= 11 is 0. The summed E-state index contributed by atoms with van der Waals surface area (Å²) in [6, 6.07) is 28.7. The Morgan fingerprint density at radius 2 is 1.51 bits per heavy atom. The van der Waals surface area contributed by atoms with Crippen LogP contribution in [-0.2, 0) is 33.2 Å². The summed E-state index contributed by atoms with van der Waals surface area (Å²) in [7, 11) is -4.19. The molecule has 0 radical (unpaired) electrons. The first-order chi connectivity index (χ1) is 22.2. The van der Waals surface area contributed by atoms with Gasteiger partial charge in [0.15, 0.2) is 0 Å². The van der Waals surface area contributed by atoms with Crippen molar-refractivity contribution in [2.45, 2.75) is 39.0 Å². The van der Waals surface area contributed by atoms with Gasteiger partial charge in [0.25, 0.3) is 16.0 Å². The van der Waals surface area contributed by atoms with Gasteiger partial charge in [-0.1, -0.05) is 75.4 Å². The summed E-state index contributed by atoms with van der Waals surface area (Å²) in [6.45, 7) is 6.16. The van der Waals surface area contributed by atoms with Crippen molar-refractivity contribution in [3.05, 3.63) is 125 Å². The maximum Gasteiger partial charge on any atom is 0.266 e. The van der Waals surface area contributed by atoms with Crippen LogP contribution in [0.1, 0.15) is 47.8 Å². The molecule has 0 saturated carbocycles. The number of anilines is 1. The van der Waals surface area contributed by atoms with Crippen LogP contribution < -0.4 is 10.6 Å². The van der Waals surface area contributed by atoms with Crippen LogP contribution in [0.3, 0.4) is 0 Å². The minimum atomic E-state index is -4.19. The van der Waals surface area contributed by atoms with Crippen LogP contribution in [0.5, 0.6) is 0 Å². The maximum absolute atomic E-state index is 15.4. The van der Waals surface area contributed by atoms with Crippen LogP contribution in [0.15, 0.2) is 101 Å². The Morgan fingerprint density at radius 3 is 2.11 bits per heavy atom. The number of halogens is 1. The van der Waals surface area contributed by atoms with Crippen molar-refractivity contribution in [3.63, 3.8) is 0 Å². The van der Waals surface area contributed by atoms with Gasteiger partial charge in [0.2, 0.25) is 5.91 Å². The molecule has 1 aromatic heterocycles. The van der Waals surface area contributed by atoms with E-state index in [2.05, 4.69) is 43.5 Å². The quantitative estimate of drug-likeness (QED) is 0.129. The summed E-state index contributed by atoms with van der Waals surface area (Å²) in [6.07, 6.45) is 0.711. The first kappa shape index (κ1) is 33.6. The molecular weight excluding hydrogens is 619 g/mol. The standard InChI is InChI=1S/C37H37FN2O6S/c1-37(2,3)30-15-10-25(11-16-30)21-29(20-24-8-12-26(13-9-24)35(41)39-18-19-47(43,44)45)36(42)40-32-17-14-28(22-31(32)38)34-23-27-6-4-5-7-33(27)46-34/h4-17,22-23,29H,18-21H2,1-3H3,(H,39,41)(H,40,42)(H,43,44,45). The largest absolute Gasteiger partial charge is 0.456 e. The number of benzene rings is 4. The van der Waals surface area contributed by atoms with Gasteiger partial charge >= 0.3 is 0 Å². The second kappa shape index (κ2) is 13.9. The van der Waals surface area contributed by atoms with Crippen LogP contribution in [0.25, 0.3) is 22.3 Å². The predicted octanol–water partition coefficient (Wildman–Crippen LogP) is 7.19. The van der Waals surface area contributed by atoms with Gasteiger partial charge in [-0.2, -0.15) is 8.42 Å². The lowest BCUT2D eigenvalue weighted by atomic mass is 9.85. The van der Waals surface area contributed by atoms with Crippen molar-refractivity contribution in [1.29, 1.82) is 0 Å². The third kappa shape index (κ3) is 8.93. The summed E-state index contributed by atoms with van der Waals surface area (Å²) < 4.78 is 52.0. The third-order valence-corrected chi connectivity index (χ3v) is 8.67. The number of hydrogen-bond donors (Lipinski definition) is 3. The lowest BCUT2D eigenvalue weighted by Gasteiger charge is -2.21. The third-order valence-electron chi connectivity index (χ3n) is 7.95. The van der Waals surface area contributed by atoms with E-state index in [1.807, 2.05) is 42.5 Å². The molecule has 0 spiro atoms. The number of fused-ring (bicyclic) bond motifs is 1. The molecule has 10 heteroatoms. The van der Waals surface area contributed by atoms with E-state index in [0.29, 0.717) is 35.3 Å². The van der Waals surface area contributed by atoms with Crippen molar-refractivity contribution in [1.82, 2.24) is 5.32 Å². The van der Waals surface area contributed by atoms with Gasteiger partial charge in [0, 0.05) is 29.0 Å². The van der Waals surface area contributed by atoms with Crippen molar-refractivity contribution in [2.24, 2.45) is 5.92 Å². The molecule has 0 aliphatic rings. The Morgan fingerprint density at radius 1 is 0.872 bits per heavy atom. The highest BCUT2D eigenvalue weighted by Crippen LogP contribution is 2.30. The van der Waals surface area contributed by atoms with E-state index in [-0.39, 0.29) is 23.6 Å². The van der Waals surface area contributed by atoms with E-state index >= 15 is 4.39 Å². The van der Waals surface area contributed by atoms with Crippen molar-refractivity contribution >= 4 is 38.6 Å². The van der Waals surface area contributed by atoms with Crippen molar-refractivity contribution in [3.8, 4) is 11.3 Å². The minimum absolute atomic E-state index is 0.0260. The SMILES string of the molecule is CC(C)(C)c1ccc(CC(Cc2ccc(C(=O)NCCS(=O)(=O)O)cc2)C(=O)Nc2ccc(-c3cc4ccccc4o3)cc2F)cc1. The summed E-state index contributed by atoms with van der Waals surface area (Å²) in [5.74, 6) is -2.07. The van der Waals surface area contributed by atoms with Crippen molar-refractivity contribution in [2.75, 3.05) is 17.6 Å². The van der Waals surface area contributed by atoms with E-state index < -0.39 is 33.5 Å². The zero-order valence-corrected chi connectivity index (χ0v) is 27.2. The van der Waals surface area contributed by atoms with Crippen LogP contribution in [0.2, 0.25) is 0 Å². The Hall–Kier alpha value is -4.80. The molecule has 0 aliphatic carbocycles. The Balaban J connectivity index is 1.33. The molecule has 5 aromatic rings. The molecule has 0 bridgehead atoms. The molecule has 0 aliphatic heterocycles.